The van der Waals surface area contributed by atoms with Gasteiger partial charge in [-0.15, -0.1) is 11.8 Å². The summed E-state index contributed by atoms with van der Waals surface area (Å²) in [5, 5.41) is 6.99. The predicted molar refractivity (Wildman–Crippen MR) is 114 cm³/mol. The first-order chi connectivity index (χ1) is 14.2. The van der Waals surface area contributed by atoms with Gasteiger partial charge < -0.3 is 13.9 Å². The van der Waals surface area contributed by atoms with Gasteiger partial charge in [0.1, 0.15) is 17.2 Å². The lowest BCUT2D eigenvalue weighted by atomic mass is 9.97. The zero-order valence-electron chi connectivity index (χ0n) is 16.6. The summed E-state index contributed by atoms with van der Waals surface area (Å²) in [4.78, 5) is 1.22. The Bertz CT molecular complexity index is 1070. The van der Waals surface area contributed by atoms with Gasteiger partial charge in [-0.25, -0.2) is 5.01 Å². The minimum Gasteiger partial charge on any atom is -0.493 e. The number of benzene rings is 2. The van der Waals surface area contributed by atoms with E-state index in [1.165, 1.54) is 4.90 Å². The Balaban J connectivity index is 1.60. The van der Waals surface area contributed by atoms with Gasteiger partial charge in [-0.2, -0.15) is 5.10 Å². The molecule has 0 fully saturated rings. The maximum absolute atomic E-state index is 6.47. The summed E-state index contributed by atoms with van der Waals surface area (Å²) in [7, 11) is 1.68. The van der Waals surface area contributed by atoms with Crippen LogP contribution in [-0.4, -0.2) is 24.1 Å². The van der Waals surface area contributed by atoms with Crippen molar-refractivity contribution in [3.8, 4) is 11.5 Å². The number of aryl methyl sites for hydroxylation is 1. The largest absolute Gasteiger partial charge is 0.493 e. The molecule has 0 bridgehead atoms. The van der Waals surface area contributed by atoms with Gasteiger partial charge in [-0.1, -0.05) is 24.3 Å². The molecule has 0 saturated carbocycles. The zero-order chi connectivity index (χ0) is 20.0. The van der Waals surface area contributed by atoms with Crippen LogP contribution in [0.25, 0.3) is 0 Å². The normalized spacial score (nSPS) is 20.0. The summed E-state index contributed by atoms with van der Waals surface area (Å²) in [6.07, 6.45) is 2.51. The van der Waals surface area contributed by atoms with Crippen molar-refractivity contribution in [1.29, 1.82) is 0 Å². The van der Waals surface area contributed by atoms with Gasteiger partial charge in [0.25, 0.3) is 0 Å². The van der Waals surface area contributed by atoms with Crippen molar-refractivity contribution >= 4 is 17.5 Å². The van der Waals surface area contributed by atoms with Gasteiger partial charge >= 0.3 is 0 Å². The average Bonchev–Trinajstić information content (AvgIpc) is 3.39. The highest BCUT2D eigenvalue weighted by Crippen LogP contribution is 2.50. The zero-order valence-corrected chi connectivity index (χ0v) is 17.4. The topological polar surface area (TPSA) is 47.2 Å². The van der Waals surface area contributed by atoms with Crippen molar-refractivity contribution in [1.82, 2.24) is 5.01 Å². The number of nitrogens with zero attached hydrogens (tertiary/aromatic N) is 2. The van der Waals surface area contributed by atoms with Gasteiger partial charge in [0.05, 0.1) is 13.2 Å². The number of furan rings is 1. The molecule has 2 aliphatic rings. The monoisotopic (exact) mass is 406 g/mol. The van der Waals surface area contributed by atoms with E-state index in [-0.39, 0.29) is 12.3 Å². The average molecular weight is 407 g/mol. The fourth-order valence-corrected chi connectivity index (χ4v) is 4.38. The molecule has 5 nitrogen and oxygen atoms in total. The number of fused-ring (bicyclic) bond motifs is 3. The third-order valence-electron chi connectivity index (χ3n) is 5.43. The number of thioether (sulfide) groups is 1. The molecule has 0 amide bonds. The molecule has 29 heavy (non-hydrogen) atoms. The molecule has 2 atom stereocenters. The summed E-state index contributed by atoms with van der Waals surface area (Å²) in [6, 6.07) is 18.5. The fraction of sp³-hybridized carbons (Fsp3) is 0.261. The van der Waals surface area contributed by atoms with Gasteiger partial charge in [-0.05, 0) is 43.5 Å². The molecular formula is C23H22N2O3S. The Morgan fingerprint density at radius 1 is 1.10 bits per heavy atom. The smallest absolute Gasteiger partial charge is 0.214 e. The highest BCUT2D eigenvalue weighted by atomic mass is 32.2. The van der Waals surface area contributed by atoms with Crippen LogP contribution in [0.1, 0.15) is 41.3 Å². The van der Waals surface area contributed by atoms with Crippen LogP contribution in [-0.2, 0) is 0 Å². The van der Waals surface area contributed by atoms with Crippen LogP contribution in [0.4, 0.5) is 0 Å². The first-order valence-electron chi connectivity index (χ1n) is 9.58. The van der Waals surface area contributed by atoms with Crippen LogP contribution in [0.5, 0.6) is 11.5 Å². The summed E-state index contributed by atoms with van der Waals surface area (Å²) in [5.41, 5.74) is 3.08. The van der Waals surface area contributed by atoms with Crippen LogP contribution < -0.4 is 9.47 Å². The molecule has 0 radical (unpaired) electrons. The molecule has 6 heteroatoms. The first kappa shape index (κ1) is 18.2. The van der Waals surface area contributed by atoms with Crippen LogP contribution >= 0.6 is 11.8 Å². The molecule has 3 aromatic rings. The molecule has 0 spiro atoms. The highest BCUT2D eigenvalue weighted by molar-refractivity contribution is 7.98. The molecule has 148 valence electrons. The van der Waals surface area contributed by atoms with Crippen molar-refractivity contribution in [2.24, 2.45) is 5.10 Å². The Kier molecular flexibility index (Phi) is 4.51. The molecule has 0 saturated heterocycles. The summed E-state index contributed by atoms with van der Waals surface area (Å²) < 4.78 is 17.9. The molecule has 2 aromatic carbocycles. The highest BCUT2D eigenvalue weighted by Gasteiger charge is 2.42. The quantitative estimate of drug-likeness (QED) is 0.531. The first-order valence-corrected chi connectivity index (χ1v) is 10.8. The number of hydrogen-bond donors (Lipinski definition) is 0. The van der Waals surface area contributed by atoms with Gasteiger partial charge in [-0.3, -0.25) is 0 Å². The van der Waals surface area contributed by atoms with E-state index in [0.717, 1.165) is 46.3 Å². The van der Waals surface area contributed by atoms with E-state index in [1.807, 2.05) is 31.2 Å². The minimum absolute atomic E-state index is 0.0690. The third-order valence-corrected chi connectivity index (χ3v) is 6.17. The molecule has 2 aliphatic heterocycles. The Morgan fingerprint density at radius 2 is 1.93 bits per heavy atom. The van der Waals surface area contributed by atoms with Crippen LogP contribution in [0.3, 0.4) is 0 Å². The molecule has 1 aromatic heterocycles. The SMILES string of the molecule is COc1cccc2c1O[C@@H](c1ccc(SC)cc1)N1N=C(c3ccc(C)o3)C[C@@H]21. The van der Waals surface area contributed by atoms with E-state index < -0.39 is 0 Å². The van der Waals surface area contributed by atoms with Gasteiger partial charge in [0.2, 0.25) is 6.23 Å². The van der Waals surface area contributed by atoms with Crippen molar-refractivity contribution < 1.29 is 13.9 Å². The van der Waals surface area contributed by atoms with Crippen LogP contribution in [0.15, 0.2) is 69.0 Å². The number of rotatable bonds is 4. The molecule has 0 N–H and O–H groups in total. The number of hydrazone groups is 1. The van der Waals surface area contributed by atoms with Crippen molar-refractivity contribution in [3.63, 3.8) is 0 Å². The van der Waals surface area contributed by atoms with Crippen molar-refractivity contribution in [2.45, 2.75) is 30.5 Å². The fourth-order valence-electron chi connectivity index (χ4n) is 3.97. The molecule has 5 rings (SSSR count). The van der Waals surface area contributed by atoms with Gasteiger partial charge in [0.15, 0.2) is 11.5 Å². The summed E-state index contributed by atoms with van der Waals surface area (Å²) in [6.45, 7) is 1.95. The lowest BCUT2D eigenvalue weighted by Crippen LogP contribution is -2.33. The third kappa shape index (κ3) is 3.08. The van der Waals surface area contributed by atoms with Gasteiger partial charge in [0, 0.05) is 22.4 Å². The molecular weight excluding hydrogens is 384 g/mol. The Labute approximate surface area is 174 Å². The number of ether oxygens (including phenoxy) is 2. The lowest BCUT2D eigenvalue weighted by molar-refractivity contribution is -0.0209. The van der Waals surface area contributed by atoms with E-state index in [9.17, 15) is 0 Å². The molecule has 3 heterocycles. The minimum atomic E-state index is -0.326. The van der Waals surface area contributed by atoms with E-state index in [1.54, 1.807) is 18.9 Å². The van der Waals surface area contributed by atoms with E-state index in [4.69, 9.17) is 19.0 Å². The summed E-state index contributed by atoms with van der Waals surface area (Å²) >= 11 is 1.72. The number of hydrogen-bond acceptors (Lipinski definition) is 6. The maximum Gasteiger partial charge on any atom is 0.214 e. The molecule has 0 unspecified atom stereocenters. The Morgan fingerprint density at radius 3 is 2.62 bits per heavy atom. The summed E-state index contributed by atoms with van der Waals surface area (Å²) in [5.74, 6) is 3.24. The molecule has 0 aliphatic carbocycles. The lowest BCUT2D eigenvalue weighted by Gasteiger charge is -2.38. The second-order valence-corrected chi connectivity index (χ2v) is 8.06. The van der Waals surface area contributed by atoms with E-state index in [2.05, 4.69) is 41.6 Å². The standard InChI is InChI=1S/C23H22N2O3S/c1-14-7-12-20(27-14)18-13-19-17-5-4-6-21(26-2)22(17)28-23(25(19)24-18)15-8-10-16(29-3)11-9-15/h4-12,19,23H,13H2,1-3H3/t19-,23-/m0/s1. The predicted octanol–water partition coefficient (Wildman–Crippen LogP) is 5.56. The van der Waals surface area contributed by atoms with E-state index in [0.29, 0.717) is 0 Å². The maximum atomic E-state index is 6.47. The van der Waals surface area contributed by atoms with E-state index >= 15 is 0 Å². The van der Waals surface area contributed by atoms with Crippen LogP contribution in [0.2, 0.25) is 0 Å². The van der Waals surface area contributed by atoms with Crippen molar-refractivity contribution in [3.05, 3.63) is 77.2 Å². The number of methoxy groups -OCH3 is 1. The second-order valence-electron chi connectivity index (χ2n) is 7.18. The van der Waals surface area contributed by atoms with Crippen molar-refractivity contribution in [2.75, 3.05) is 13.4 Å². The second kappa shape index (κ2) is 7.19. The number of para-hydroxylation sites is 1. The van der Waals surface area contributed by atoms with Crippen LogP contribution in [0, 0.1) is 6.92 Å². The Hall–Kier alpha value is -2.86.